The van der Waals surface area contributed by atoms with Crippen LogP contribution in [-0.2, 0) is 9.84 Å². The Hall–Kier alpha value is -0.0900. The van der Waals surface area contributed by atoms with E-state index in [1.165, 1.54) is 0 Å². The first-order valence-corrected chi connectivity index (χ1v) is 7.45. The third-order valence-corrected chi connectivity index (χ3v) is 6.62. The van der Waals surface area contributed by atoms with Gasteiger partial charge in [0.05, 0.1) is 10.5 Å². The van der Waals surface area contributed by atoms with Crippen LogP contribution in [0.4, 0.5) is 0 Å². The van der Waals surface area contributed by atoms with E-state index in [1.807, 2.05) is 20.8 Å². The van der Waals surface area contributed by atoms with Gasteiger partial charge in [0.2, 0.25) is 0 Å². The topological polar surface area (TPSA) is 60.2 Å². The van der Waals surface area contributed by atoms with Crippen molar-refractivity contribution in [3.63, 3.8) is 0 Å². The van der Waals surface area contributed by atoms with Crippen LogP contribution < -0.4 is 5.73 Å². The summed E-state index contributed by atoms with van der Waals surface area (Å²) in [5, 5.41) is -0.369. The maximum Gasteiger partial charge on any atom is 0.155 e. The van der Waals surface area contributed by atoms with Crippen LogP contribution in [0, 0.1) is 5.92 Å². The standard InChI is InChI=1S/C11H23NO2S/c1-8(2)9(3)15(13,14)11-6-4-10(12)5-7-11/h8-11H,4-7,12H2,1-3H3. The molecule has 0 spiro atoms. The second-order valence-corrected chi connectivity index (χ2v) is 7.66. The molecule has 1 aliphatic carbocycles. The molecule has 0 radical (unpaired) electrons. The lowest BCUT2D eigenvalue weighted by atomic mass is 9.96. The SMILES string of the molecule is CC(C)C(C)S(=O)(=O)C1CCC(N)CC1. The van der Waals surface area contributed by atoms with Gasteiger partial charge in [-0.3, -0.25) is 0 Å². The van der Waals surface area contributed by atoms with Gasteiger partial charge in [0.1, 0.15) is 0 Å². The number of hydrogen-bond acceptors (Lipinski definition) is 3. The molecule has 0 heterocycles. The van der Waals surface area contributed by atoms with Crippen LogP contribution in [0.1, 0.15) is 46.5 Å². The van der Waals surface area contributed by atoms with Gasteiger partial charge in [-0.25, -0.2) is 8.42 Å². The first kappa shape index (κ1) is 13.0. The second-order valence-electron chi connectivity index (χ2n) is 5.07. The summed E-state index contributed by atoms with van der Waals surface area (Å²) in [5.74, 6) is 0.200. The number of sulfone groups is 1. The van der Waals surface area contributed by atoms with Crippen LogP contribution in [-0.4, -0.2) is 25.0 Å². The van der Waals surface area contributed by atoms with Crippen LogP contribution in [0.5, 0.6) is 0 Å². The highest BCUT2D eigenvalue weighted by Crippen LogP contribution is 2.28. The summed E-state index contributed by atoms with van der Waals surface area (Å²) < 4.78 is 24.4. The zero-order valence-electron chi connectivity index (χ0n) is 9.94. The normalized spacial score (nSPS) is 30.5. The van der Waals surface area contributed by atoms with Crippen molar-refractivity contribution in [3.05, 3.63) is 0 Å². The molecule has 1 saturated carbocycles. The van der Waals surface area contributed by atoms with Crippen molar-refractivity contribution in [2.45, 2.75) is 63.0 Å². The quantitative estimate of drug-likeness (QED) is 0.807. The van der Waals surface area contributed by atoms with E-state index in [1.54, 1.807) is 0 Å². The lowest BCUT2D eigenvalue weighted by molar-refractivity contribution is 0.427. The molecular weight excluding hydrogens is 210 g/mol. The predicted molar refractivity (Wildman–Crippen MR) is 63.5 cm³/mol. The minimum Gasteiger partial charge on any atom is -0.328 e. The lowest BCUT2D eigenvalue weighted by Crippen LogP contribution is -2.38. The van der Waals surface area contributed by atoms with Gasteiger partial charge < -0.3 is 5.73 Å². The van der Waals surface area contributed by atoms with Gasteiger partial charge in [0.15, 0.2) is 9.84 Å². The van der Waals surface area contributed by atoms with Crippen molar-refractivity contribution < 1.29 is 8.42 Å². The molecule has 4 heteroatoms. The van der Waals surface area contributed by atoms with Gasteiger partial charge in [-0.1, -0.05) is 13.8 Å². The molecule has 90 valence electrons. The highest BCUT2D eigenvalue weighted by Gasteiger charge is 2.34. The second kappa shape index (κ2) is 4.83. The highest BCUT2D eigenvalue weighted by atomic mass is 32.2. The zero-order valence-corrected chi connectivity index (χ0v) is 10.8. The molecule has 0 aromatic heterocycles. The summed E-state index contributed by atoms with van der Waals surface area (Å²) in [6.45, 7) is 5.77. The fourth-order valence-electron chi connectivity index (χ4n) is 2.10. The molecule has 0 aliphatic heterocycles. The summed E-state index contributed by atoms with van der Waals surface area (Å²) in [5.41, 5.74) is 5.78. The van der Waals surface area contributed by atoms with Crippen molar-refractivity contribution in [3.8, 4) is 0 Å². The molecule has 0 saturated heterocycles. The summed E-state index contributed by atoms with van der Waals surface area (Å²) in [7, 11) is -2.94. The van der Waals surface area contributed by atoms with Crippen molar-refractivity contribution in [2.75, 3.05) is 0 Å². The predicted octanol–water partition coefficient (Wildman–Crippen LogP) is 1.72. The minimum absolute atomic E-state index is 0.144. The molecule has 3 nitrogen and oxygen atoms in total. The summed E-state index contributed by atoms with van der Waals surface area (Å²) in [6, 6.07) is 0.214. The smallest absolute Gasteiger partial charge is 0.155 e. The Morgan fingerprint density at radius 2 is 1.53 bits per heavy atom. The Morgan fingerprint density at radius 3 is 1.93 bits per heavy atom. The molecule has 1 unspecified atom stereocenters. The van der Waals surface area contributed by atoms with Gasteiger partial charge in [-0.15, -0.1) is 0 Å². The lowest BCUT2D eigenvalue weighted by Gasteiger charge is -2.29. The number of hydrogen-bond donors (Lipinski definition) is 1. The maximum atomic E-state index is 12.2. The Labute approximate surface area is 93.3 Å². The van der Waals surface area contributed by atoms with Gasteiger partial charge in [0.25, 0.3) is 0 Å². The molecule has 0 bridgehead atoms. The van der Waals surface area contributed by atoms with Crippen molar-refractivity contribution in [2.24, 2.45) is 11.7 Å². The van der Waals surface area contributed by atoms with Crippen LogP contribution in [0.3, 0.4) is 0 Å². The molecule has 0 aromatic rings. The third-order valence-electron chi connectivity index (χ3n) is 3.64. The first-order chi connectivity index (χ1) is 6.85. The van der Waals surface area contributed by atoms with Crippen molar-refractivity contribution >= 4 is 9.84 Å². The molecule has 1 fully saturated rings. The zero-order chi connectivity index (χ0) is 11.6. The fourth-order valence-corrected chi connectivity index (χ4v) is 4.40. The summed E-state index contributed by atoms with van der Waals surface area (Å²) in [4.78, 5) is 0. The molecule has 0 aromatic carbocycles. The number of rotatable bonds is 3. The van der Waals surface area contributed by atoms with Crippen LogP contribution in [0.25, 0.3) is 0 Å². The molecule has 1 atom stereocenters. The van der Waals surface area contributed by atoms with Crippen LogP contribution >= 0.6 is 0 Å². The minimum atomic E-state index is -2.94. The maximum absolute atomic E-state index is 12.2. The Morgan fingerprint density at radius 1 is 1.07 bits per heavy atom. The molecule has 0 amide bonds. The average Bonchev–Trinajstić information content (AvgIpc) is 2.17. The summed E-state index contributed by atoms with van der Waals surface area (Å²) >= 11 is 0. The molecule has 1 rings (SSSR count). The van der Waals surface area contributed by atoms with Crippen LogP contribution in [0.15, 0.2) is 0 Å². The third kappa shape index (κ3) is 2.94. The van der Waals surface area contributed by atoms with Gasteiger partial charge in [-0.2, -0.15) is 0 Å². The van der Waals surface area contributed by atoms with E-state index in [2.05, 4.69) is 0 Å². The first-order valence-electron chi connectivity index (χ1n) is 5.84. The molecule has 2 N–H and O–H groups in total. The van der Waals surface area contributed by atoms with E-state index in [-0.39, 0.29) is 22.5 Å². The van der Waals surface area contributed by atoms with E-state index in [4.69, 9.17) is 5.73 Å². The highest BCUT2D eigenvalue weighted by molar-refractivity contribution is 7.92. The van der Waals surface area contributed by atoms with E-state index in [9.17, 15) is 8.42 Å². The van der Waals surface area contributed by atoms with E-state index >= 15 is 0 Å². The van der Waals surface area contributed by atoms with Crippen LogP contribution in [0.2, 0.25) is 0 Å². The van der Waals surface area contributed by atoms with E-state index in [0.29, 0.717) is 0 Å². The van der Waals surface area contributed by atoms with Crippen molar-refractivity contribution in [1.82, 2.24) is 0 Å². The number of nitrogens with two attached hydrogens (primary N) is 1. The van der Waals surface area contributed by atoms with E-state index in [0.717, 1.165) is 25.7 Å². The largest absolute Gasteiger partial charge is 0.328 e. The molecule has 15 heavy (non-hydrogen) atoms. The van der Waals surface area contributed by atoms with Gasteiger partial charge in [-0.05, 0) is 38.5 Å². The van der Waals surface area contributed by atoms with Gasteiger partial charge >= 0.3 is 0 Å². The molecular formula is C11H23NO2S. The Balaban J connectivity index is 2.70. The monoisotopic (exact) mass is 233 g/mol. The molecule has 1 aliphatic rings. The fraction of sp³-hybridized carbons (Fsp3) is 1.00. The Kier molecular flexibility index (Phi) is 4.18. The Bertz CT molecular complexity index is 290. The van der Waals surface area contributed by atoms with Crippen molar-refractivity contribution in [1.29, 1.82) is 0 Å². The van der Waals surface area contributed by atoms with Gasteiger partial charge in [0, 0.05) is 6.04 Å². The summed E-state index contributed by atoms with van der Waals surface area (Å²) in [6.07, 6.45) is 3.21. The van der Waals surface area contributed by atoms with E-state index < -0.39 is 9.84 Å². The average molecular weight is 233 g/mol.